The van der Waals surface area contributed by atoms with Gasteiger partial charge in [0.05, 0.1) is 0 Å². The lowest BCUT2D eigenvalue weighted by Crippen LogP contribution is -2.30. The molecule has 5 heteroatoms. The molecular weight excluding hydrogens is 285 g/mol. The van der Waals surface area contributed by atoms with Crippen LogP contribution >= 0.6 is 7.37 Å². The fraction of sp³-hybridized carbons (Fsp3) is 0.188. The lowest BCUT2D eigenvalue weighted by molar-refractivity contribution is -0.128. The fourth-order valence-electron chi connectivity index (χ4n) is 2.16. The van der Waals surface area contributed by atoms with Gasteiger partial charge in [-0.1, -0.05) is 48.5 Å². The Morgan fingerprint density at radius 3 is 1.95 bits per heavy atom. The number of carbonyl (C=O) groups excluding carboxylic acids is 1. The van der Waals surface area contributed by atoms with Crippen LogP contribution in [-0.4, -0.2) is 29.8 Å². The Morgan fingerprint density at radius 2 is 1.48 bits per heavy atom. The highest BCUT2D eigenvalue weighted by Crippen LogP contribution is 2.55. The van der Waals surface area contributed by atoms with Gasteiger partial charge in [-0.2, -0.15) is 0 Å². The molecule has 2 rings (SSSR count). The third-order valence-corrected chi connectivity index (χ3v) is 5.52. The molecule has 0 saturated heterocycles. The minimum Gasteiger partial charge on any atom is -0.348 e. The van der Waals surface area contributed by atoms with Crippen LogP contribution in [-0.2, 0) is 9.36 Å². The maximum Gasteiger partial charge on any atom is 0.246 e. The monoisotopic (exact) mass is 303 g/mol. The molecule has 1 N–H and O–H groups in total. The summed E-state index contributed by atoms with van der Waals surface area (Å²) in [5.41, 5.74) is -0.540. The van der Waals surface area contributed by atoms with Gasteiger partial charge in [-0.3, -0.25) is 9.36 Å². The van der Waals surface area contributed by atoms with Crippen molar-refractivity contribution in [3.05, 3.63) is 66.2 Å². The highest BCUT2D eigenvalue weighted by molar-refractivity contribution is 7.67. The zero-order valence-electron chi connectivity index (χ0n) is 12.0. The summed E-state index contributed by atoms with van der Waals surface area (Å²) >= 11 is 0. The second kappa shape index (κ2) is 6.25. The summed E-state index contributed by atoms with van der Waals surface area (Å²) < 4.78 is 13.0. The van der Waals surface area contributed by atoms with E-state index in [1.165, 1.54) is 4.90 Å². The van der Waals surface area contributed by atoms with Crippen LogP contribution < -0.4 is 5.30 Å². The molecule has 0 aliphatic rings. The molecule has 21 heavy (non-hydrogen) atoms. The highest BCUT2D eigenvalue weighted by atomic mass is 31.2. The van der Waals surface area contributed by atoms with E-state index in [0.29, 0.717) is 5.56 Å². The van der Waals surface area contributed by atoms with Crippen molar-refractivity contribution in [2.45, 2.75) is 5.66 Å². The molecule has 0 aliphatic carbocycles. The summed E-state index contributed by atoms with van der Waals surface area (Å²) in [6.07, 6.45) is 0. The van der Waals surface area contributed by atoms with Crippen molar-refractivity contribution in [3.63, 3.8) is 0 Å². The summed E-state index contributed by atoms with van der Waals surface area (Å²) in [6, 6.07) is 17.1. The molecule has 0 spiro atoms. The Balaban J connectivity index is 2.55. The Morgan fingerprint density at radius 1 is 1.00 bits per heavy atom. The van der Waals surface area contributed by atoms with Gasteiger partial charge in [-0.25, -0.2) is 0 Å². The van der Waals surface area contributed by atoms with E-state index in [1.807, 2.05) is 6.07 Å². The van der Waals surface area contributed by atoms with Crippen LogP contribution in [0.15, 0.2) is 60.7 Å². The van der Waals surface area contributed by atoms with Crippen molar-refractivity contribution in [1.29, 1.82) is 0 Å². The quantitative estimate of drug-likeness (QED) is 0.883. The third-order valence-electron chi connectivity index (χ3n) is 3.27. The molecule has 0 bridgehead atoms. The number of rotatable bonds is 4. The van der Waals surface area contributed by atoms with E-state index < -0.39 is 13.0 Å². The van der Waals surface area contributed by atoms with E-state index in [0.717, 1.165) is 0 Å². The maximum absolute atomic E-state index is 13.0. The van der Waals surface area contributed by atoms with Gasteiger partial charge in [0.2, 0.25) is 13.3 Å². The number of likely N-dealkylation sites (N-methyl/N-ethyl adjacent to an activating group) is 1. The molecule has 0 aliphatic heterocycles. The molecule has 0 saturated carbocycles. The number of hydrogen-bond acceptors (Lipinski definition) is 2. The van der Waals surface area contributed by atoms with Gasteiger partial charge in [0.15, 0.2) is 0 Å². The normalized spacial score (nSPS) is 15.0. The predicted molar refractivity (Wildman–Crippen MR) is 83.8 cm³/mol. The SMILES string of the molecule is CN(C)C(=O)[C@H](c1ccccc1)P(=O)(O)c1ccccc1. The molecule has 2 atom stereocenters. The Kier molecular flexibility index (Phi) is 4.61. The van der Waals surface area contributed by atoms with E-state index in [4.69, 9.17) is 0 Å². The first-order valence-electron chi connectivity index (χ1n) is 6.59. The molecule has 0 radical (unpaired) electrons. The largest absolute Gasteiger partial charge is 0.348 e. The lowest BCUT2D eigenvalue weighted by atomic mass is 10.1. The number of nitrogens with zero attached hydrogens (tertiary/aromatic N) is 1. The lowest BCUT2D eigenvalue weighted by Gasteiger charge is -2.25. The van der Waals surface area contributed by atoms with Gasteiger partial charge in [0, 0.05) is 19.4 Å². The Bertz CT molecular complexity index is 656. The summed E-state index contributed by atoms with van der Waals surface area (Å²) in [6.45, 7) is 0. The molecule has 1 unspecified atom stereocenters. The van der Waals surface area contributed by atoms with Crippen LogP contribution in [0.25, 0.3) is 0 Å². The number of hydrogen-bond donors (Lipinski definition) is 1. The summed E-state index contributed by atoms with van der Waals surface area (Å²) in [5.74, 6) is -0.379. The van der Waals surface area contributed by atoms with Gasteiger partial charge in [0.25, 0.3) is 0 Å². The molecule has 110 valence electrons. The fourth-order valence-corrected chi connectivity index (χ4v) is 4.17. The molecule has 0 heterocycles. The molecule has 0 fully saturated rings. The maximum atomic E-state index is 13.0. The Hall–Kier alpha value is -1.90. The van der Waals surface area contributed by atoms with Gasteiger partial charge in [0.1, 0.15) is 5.66 Å². The average molecular weight is 303 g/mol. The second-order valence-electron chi connectivity index (χ2n) is 5.00. The van der Waals surface area contributed by atoms with Gasteiger partial charge >= 0.3 is 0 Å². The minimum atomic E-state index is -3.88. The molecule has 0 aromatic heterocycles. The number of amides is 1. The topological polar surface area (TPSA) is 57.6 Å². The van der Waals surface area contributed by atoms with Crippen molar-refractivity contribution in [2.24, 2.45) is 0 Å². The first-order valence-corrected chi connectivity index (χ1v) is 8.31. The van der Waals surface area contributed by atoms with Crippen molar-refractivity contribution in [1.82, 2.24) is 4.90 Å². The summed E-state index contributed by atoms with van der Waals surface area (Å²) in [5, 5.41) is 0.286. The molecule has 1 amide bonds. The van der Waals surface area contributed by atoms with Gasteiger partial charge in [-0.15, -0.1) is 0 Å². The van der Waals surface area contributed by atoms with Crippen LogP contribution in [0, 0.1) is 0 Å². The van der Waals surface area contributed by atoms with Crippen molar-refractivity contribution in [3.8, 4) is 0 Å². The average Bonchev–Trinajstić information content (AvgIpc) is 2.49. The standard InChI is InChI=1S/C16H18NO3P/c1-17(2)16(18)15(13-9-5-3-6-10-13)21(19,20)14-11-7-4-8-12-14/h3-12,15H,1-2H3,(H,19,20)/t15-/m0/s1. The van der Waals surface area contributed by atoms with E-state index in [2.05, 4.69) is 0 Å². The van der Waals surface area contributed by atoms with E-state index >= 15 is 0 Å². The smallest absolute Gasteiger partial charge is 0.246 e. The van der Waals surface area contributed by atoms with Crippen LogP contribution in [0.1, 0.15) is 11.2 Å². The zero-order chi connectivity index (χ0) is 15.5. The minimum absolute atomic E-state index is 0.286. The first-order chi connectivity index (χ1) is 9.94. The highest BCUT2D eigenvalue weighted by Gasteiger charge is 2.40. The number of benzene rings is 2. The number of carbonyl (C=O) groups is 1. The van der Waals surface area contributed by atoms with Crippen LogP contribution in [0.3, 0.4) is 0 Å². The van der Waals surface area contributed by atoms with E-state index in [-0.39, 0.29) is 11.2 Å². The van der Waals surface area contributed by atoms with E-state index in [1.54, 1.807) is 68.7 Å². The van der Waals surface area contributed by atoms with Crippen LogP contribution in [0.2, 0.25) is 0 Å². The van der Waals surface area contributed by atoms with Crippen molar-refractivity contribution < 1.29 is 14.3 Å². The molecule has 2 aromatic rings. The third kappa shape index (κ3) is 3.23. The Labute approximate surface area is 124 Å². The molecule has 2 aromatic carbocycles. The summed E-state index contributed by atoms with van der Waals surface area (Å²) in [4.78, 5) is 24.4. The van der Waals surface area contributed by atoms with Gasteiger partial charge in [-0.05, 0) is 17.7 Å². The van der Waals surface area contributed by atoms with Crippen LogP contribution in [0.4, 0.5) is 0 Å². The van der Waals surface area contributed by atoms with Crippen molar-refractivity contribution in [2.75, 3.05) is 14.1 Å². The molecule has 4 nitrogen and oxygen atoms in total. The second-order valence-corrected chi connectivity index (χ2v) is 7.28. The van der Waals surface area contributed by atoms with Gasteiger partial charge < -0.3 is 9.79 Å². The van der Waals surface area contributed by atoms with Crippen molar-refractivity contribution >= 4 is 18.6 Å². The molecular formula is C16H18NO3P. The first kappa shape index (κ1) is 15.5. The zero-order valence-corrected chi connectivity index (χ0v) is 12.9. The van der Waals surface area contributed by atoms with E-state index in [9.17, 15) is 14.3 Å². The van der Waals surface area contributed by atoms with Crippen LogP contribution in [0.5, 0.6) is 0 Å². The summed E-state index contributed by atoms with van der Waals surface area (Å²) in [7, 11) is -0.705. The predicted octanol–water partition coefficient (Wildman–Crippen LogP) is 2.41.